The highest BCUT2D eigenvalue weighted by molar-refractivity contribution is 7.93. The van der Waals surface area contributed by atoms with Gasteiger partial charge in [0.05, 0.1) is 5.69 Å². The van der Waals surface area contributed by atoms with Crippen LogP contribution in [0.5, 0.6) is 11.5 Å². The third-order valence-electron chi connectivity index (χ3n) is 2.75. The van der Waals surface area contributed by atoms with Gasteiger partial charge >= 0.3 is 15.5 Å². The van der Waals surface area contributed by atoms with Gasteiger partial charge in [0.2, 0.25) is 0 Å². The zero-order chi connectivity index (χ0) is 16.4. The maximum Gasteiger partial charge on any atom is 0.516 e. The van der Waals surface area contributed by atoms with E-state index in [2.05, 4.69) is 0 Å². The molecule has 0 aliphatic rings. The van der Waals surface area contributed by atoms with Crippen molar-refractivity contribution in [3.05, 3.63) is 54.1 Å². The molecule has 2 rings (SSSR count). The summed E-state index contributed by atoms with van der Waals surface area (Å²) in [5.41, 5.74) is -4.93. The number of ether oxygens (including phenoxy) is 1. The largest absolute Gasteiger partial charge is 0.516 e. The molecule has 0 atom stereocenters. The molecule has 0 saturated carbocycles. The molecule has 2 aromatic rings. The second kappa shape index (κ2) is 5.88. The predicted molar refractivity (Wildman–Crippen MR) is 76.3 cm³/mol. The van der Waals surface area contributed by atoms with Crippen molar-refractivity contribution in [2.45, 2.75) is 12.4 Å². The minimum atomic E-state index is -5.51. The number of benzene rings is 2. The van der Waals surface area contributed by atoms with E-state index >= 15 is 0 Å². The van der Waals surface area contributed by atoms with E-state index in [0.717, 1.165) is 5.56 Å². The summed E-state index contributed by atoms with van der Waals surface area (Å²) in [5.74, 6) is 0.394. The van der Waals surface area contributed by atoms with Gasteiger partial charge in [0.25, 0.3) is 0 Å². The van der Waals surface area contributed by atoms with Crippen LogP contribution in [0.2, 0.25) is 0 Å². The minimum absolute atomic E-state index is 0.0235. The summed E-state index contributed by atoms with van der Waals surface area (Å²) in [4.78, 5) is 0. The van der Waals surface area contributed by atoms with Gasteiger partial charge in [-0.3, -0.25) is 4.72 Å². The first kappa shape index (κ1) is 16.2. The molecule has 1 N–H and O–H groups in total. The van der Waals surface area contributed by atoms with E-state index in [9.17, 15) is 21.6 Å². The quantitative estimate of drug-likeness (QED) is 0.919. The Bertz CT molecular complexity index is 773. The van der Waals surface area contributed by atoms with Crippen molar-refractivity contribution >= 4 is 15.7 Å². The molecule has 8 heteroatoms. The number of aryl methyl sites for hydroxylation is 1. The van der Waals surface area contributed by atoms with Gasteiger partial charge in [0, 0.05) is 0 Å². The Morgan fingerprint density at radius 3 is 2.09 bits per heavy atom. The molecule has 2 aromatic carbocycles. The lowest BCUT2D eigenvalue weighted by Crippen LogP contribution is -2.30. The topological polar surface area (TPSA) is 55.4 Å². The van der Waals surface area contributed by atoms with Crippen molar-refractivity contribution in [1.29, 1.82) is 0 Å². The first-order chi connectivity index (χ1) is 10.2. The number of hydrogen-bond acceptors (Lipinski definition) is 3. The zero-order valence-electron chi connectivity index (χ0n) is 11.4. The van der Waals surface area contributed by atoms with Crippen molar-refractivity contribution in [2.75, 3.05) is 4.72 Å². The van der Waals surface area contributed by atoms with Crippen LogP contribution in [0.4, 0.5) is 18.9 Å². The van der Waals surface area contributed by atoms with Crippen LogP contribution >= 0.6 is 0 Å². The lowest BCUT2D eigenvalue weighted by atomic mass is 10.2. The molecule has 0 amide bonds. The first-order valence-corrected chi connectivity index (χ1v) is 7.60. The van der Waals surface area contributed by atoms with Gasteiger partial charge in [-0.25, -0.2) is 0 Å². The molecule has 0 unspecified atom stereocenters. The molecule has 0 aliphatic carbocycles. The molecule has 0 bridgehead atoms. The minimum Gasteiger partial charge on any atom is -0.455 e. The Morgan fingerprint density at radius 2 is 1.50 bits per heavy atom. The fourth-order valence-electron chi connectivity index (χ4n) is 1.63. The Labute approximate surface area is 125 Å². The number of hydrogen-bond donors (Lipinski definition) is 1. The van der Waals surface area contributed by atoms with E-state index in [4.69, 9.17) is 4.74 Å². The third kappa shape index (κ3) is 3.51. The third-order valence-corrected chi connectivity index (χ3v) is 3.85. The summed E-state index contributed by atoms with van der Waals surface area (Å²) < 4.78 is 66.7. The number of alkyl halides is 3. The number of nitrogens with one attached hydrogen (secondary N) is 1. The highest BCUT2D eigenvalue weighted by atomic mass is 32.2. The van der Waals surface area contributed by atoms with Crippen LogP contribution in [-0.2, 0) is 10.0 Å². The summed E-state index contributed by atoms with van der Waals surface area (Å²) in [6.45, 7) is 1.76. The van der Waals surface area contributed by atoms with Crippen molar-refractivity contribution in [2.24, 2.45) is 0 Å². The maximum absolute atomic E-state index is 12.5. The van der Waals surface area contributed by atoms with Crippen molar-refractivity contribution in [1.82, 2.24) is 0 Å². The SMILES string of the molecule is Cc1ccccc1Oc1ccccc1NS(=O)(=O)C(F)(F)F. The first-order valence-electron chi connectivity index (χ1n) is 6.12. The van der Waals surface area contributed by atoms with Gasteiger partial charge < -0.3 is 4.74 Å². The number of anilines is 1. The van der Waals surface area contributed by atoms with Gasteiger partial charge in [0.1, 0.15) is 5.75 Å². The Hall–Kier alpha value is -2.22. The van der Waals surface area contributed by atoms with Crippen molar-refractivity contribution in [3.8, 4) is 11.5 Å². The fourth-order valence-corrected chi connectivity index (χ4v) is 2.21. The number of rotatable bonds is 4. The molecule has 4 nitrogen and oxygen atoms in total. The predicted octanol–water partition coefficient (Wildman–Crippen LogP) is 4.05. The summed E-state index contributed by atoms with van der Waals surface area (Å²) in [6.07, 6.45) is 0. The van der Waals surface area contributed by atoms with E-state index in [-0.39, 0.29) is 11.4 Å². The summed E-state index contributed by atoms with van der Waals surface area (Å²) >= 11 is 0. The highest BCUT2D eigenvalue weighted by Gasteiger charge is 2.46. The Balaban J connectivity index is 2.34. The van der Waals surface area contributed by atoms with Crippen LogP contribution in [0.1, 0.15) is 5.56 Å². The zero-order valence-corrected chi connectivity index (χ0v) is 12.2. The van der Waals surface area contributed by atoms with Gasteiger partial charge in [-0.2, -0.15) is 21.6 Å². The van der Waals surface area contributed by atoms with E-state index in [1.807, 2.05) is 0 Å². The van der Waals surface area contributed by atoms with Crippen LogP contribution in [0.3, 0.4) is 0 Å². The Kier molecular flexibility index (Phi) is 4.32. The van der Waals surface area contributed by atoms with E-state index in [0.29, 0.717) is 5.75 Å². The molecule has 0 radical (unpaired) electrons. The summed E-state index contributed by atoms with van der Waals surface area (Å²) in [7, 11) is -5.51. The molecular formula is C14H12F3NO3S. The number of halogens is 3. The molecule has 0 aromatic heterocycles. The van der Waals surface area contributed by atoms with Crippen LogP contribution in [-0.4, -0.2) is 13.9 Å². The van der Waals surface area contributed by atoms with E-state index in [1.54, 1.807) is 31.2 Å². The lowest BCUT2D eigenvalue weighted by molar-refractivity contribution is -0.0429. The number of para-hydroxylation sites is 3. The average Bonchev–Trinajstić information content (AvgIpc) is 2.42. The second-order valence-electron chi connectivity index (χ2n) is 4.41. The highest BCUT2D eigenvalue weighted by Crippen LogP contribution is 2.34. The summed E-state index contributed by atoms with van der Waals surface area (Å²) in [6, 6.07) is 12.4. The molecule has 0 spiro atoms. The van der Waals surface area contributed by atoms with Gasteiger partial charge in [0.15, 0.2) is 5.75 Å². The normalized spacial score (nSPS) is 12.0. The standard InChI is InChI=1S/C14H12F3NO3S/c1-10-6-2-4-8-12(10)21-13-9-5-3-7-11(13)18-22(19,20)14(15,16)17/h2-9,18H,1H3. The van der Waals surface area contributed by atoms with Crippen LogP contribution in [0.25, 0.3) is 0 Å². The second-order valence-corrected chi connectivity index (χ2v) is 6.09. The van der Waals surface area contributed by atoms with Crippen molar-refractivity contribution in [3.63, 3.8) is 0 Å². The molecule has 0 saturated heterocycles. The molecule has 0 heterocycles. The monoisotopic (exact) mass is 331 g/mol. The van der Waals surface area contributed by atoms with Crippen LogP contribution in [0, 0.1) is 6.92 Å². The smallest absolute Gasteiger partial charge is 0.455 e. The molecule has 22 heavy (non-hydrogen) atoms. The van der Waals surface area contributed by atoms with Gasteiger partial charge in [-0.05, 0) is 30.7 Å². The average molecular weight is 331 g/mol. The number of sulfonamides is 1. The van der Waals surface area contributed by atoms with Crippen molar-refractivity contribution < 1.29 is 26.3 Å². The van der Waals surface area contributed by atoms with Crippen LogP contribution < -0.4 is 9.46 Å². The maximum atomic E-state index is 12.5. The van der Waals surface area contributed by atoms with Crippen LogP contribution in [0.15, 0.2) is 48.5 Å². The Morgan fingerprint density at radius 1 is 0.955 bits per heavy atom. The molecule has 0 aliphatic heterocycles. The summed E-state index contributed by atoms with van der Waals surface area (Å²) in [5, 5.41) is 0. The lowest BCUT2D eigenvalue weighted by Gasteiger charge is -2.15. The van der Waals surface area contributed by atoms with E-state index < -0.39 is 15.5 Å². The van der Waals surface area contributed by atoms with Gasteiger partial charge in [-0.1, -0.05) is 30.3 Å². The molecule has 0 fully saturated rings. The molecular weight excluding hydrogens is 319 g/mol. The van der Waals surface area contributed by atoms with E-state index in [1.165, 1.54) is 29.0 Å². The fraction of sp³-hybridized carbons (Fsp3) is 0.143. The molecule has 118 valence electrons. The van der Waals surface area contributed by atoms with Gasteiger partial charge in [-0.15, -0.1) is 0 Å².